The second-order valence-electron chi connectivity index (χ2n) is 6.02. The lowest BCUT2D eigenvalue weighted by Crippen LogP contribution is -2.35. The minimum absolute atomic E-state index is 0.0503. The van der Waals surface area contributed by atoms with Gasteiger partial charge in [-0.1, -0.05) is 6.07 Å². The standard InChI is InChI=1S/C15H18IN5/c1-15(2,3)17-9-12-14(21-10-11(16)8-18-21)19-13-6-4-5-7-20(12)13/h4-8,10,17H,9H2,1-3H3. The fraction of sp³-hybridized carbons (Fsp3) is 0.333. The van der Waals surface area contributed by atoms with E-state index in [0.29, 0.717) is 0 Å². The van der Waals surface area contributed by atoms with Crippen LogP contribution in [0.15, 0.2) is 36.8 Å². The molecule has 0 fully saturated rings. The number of nitrogens with one attached hydrogen (secondary N) is 1. The molecule has 6 heteroatoms. The number of imidazole rings is 1. The van der Waals surface area contributed by atoms with Crippen molar-refractivity contribution < 1.29 is 0 Å². The molecule has 3 aromatic rings. The van der Waals surface area contributed by atoms with E-state index in [9.17, 15) is 0 Å². The lowest BCUT2D eigenvalue weighted by molar-refractivity contribution is 0.420. The minimum Gasteiger partial charge on any atom is -0.306 e. The van der Waals surface area contributed by atoms with Crippen molar-refractivity contribution in [1.82, 2.24) is 24.5 Å². The maximum Gasteiger partial charge on any atom is 0.176 e. The predicted molar refractivity (Wildman–Crippen MR) is 91.6 cm³/mol. The number of nitrogens with zero attached hydrogens (tertiary/aromatic N) is 4. The van der Waals surface area contributed by atoms with E-state index in [0.717, 1.165) is 27.3 Å². The summed E-state index contributed by atoms with van der Waals surface area (Å²) in [6.45, 7) is 7.21. The highest BCUT2D eigenvalue weighted by molar-refractivity contribution is 14.1. The molecular formula is C15H18IN5. The second kappa shape index (κ2) is 5.42. The number of rotatable bonds is 3. The zero-order chi connectivity index (χ0) is 15.0. The second-order valence-corrected chi connectivity index (χ2v) is 7.26. The maximum atomic E-state index is 4.72. The van der Waals surface area contributed by atoms with Crippen LogP contribution in [0.5, 0.6) is 0 Å². The summed E-state index contributed by atoms with van der Waals surface area (Å²) in [5.74, 6) is 0.876. The average Bonchev–Trinajstić information content (AvgIpc) is 2.99. The number of aromatic nitrogens is 4. The lowest BCUT2D eigenvalue weighted by atomic mass is 10.1. The molecule has 0 spiro atoms. The number of halogens is 1. The maximum absolute atomic E-state index is 4.72. The molecule has 3 rings (SSSR count). The first-order valence-electron chi connectivity index (χ1n) is 6.85. The van der Waals surface area contributed by atoms with Gasteiger partial charge in [-0.05, 0) is 55.5 Å². The van der Waals surface area contributed by atoms with E-state index in [-0.39, 0.29) is 5.54 Å². The van der Waals surface area contributed by atoms with Gasteiger partial charge in [0.2, 0.25) is 0 Å². The summed E-state index contributed by atoms with van der Waals surface area (Å²) in [5.41, 5.74) is 2.10. The van der Waals surface area contributed by atoms with Crippen LogP contribution in [0.1, 0.15) is 26.5 Å². The third-order valence-electron chi connectivity index (χ3n) is 3.16. The molecule has 110 valence electrons. The Morgan fingerprint density at radius 2 is 2.10 bits per heavy atom. The van der Waals surface area contributed by atoms with Gasteiger partial charge in [0.05, 0.1) is 15.5 Å². The van der Waals surface area contributed by atoms with Crippen molar-refractivity contribution in [3.05, 3.63) is 46.1 Å². The Morgan fingerprint density at radius 1 is 1.29 bits per heavy atom. The molecule has 3 aromatic heterocycles. The molecule has 0 radical (unpaired) electrons. The summed E-state index contributed by atoms with van der Waals surface area (Å²) < 4.78 is 5.05. The molecule has 0 aliphatic heterocycles. The lowest BCUT2D eigenvalue weighted by Gasteiger charge is -2.20. The fourth-order valence-corrected chi connectivity index (χ4v) is 2.54. The quantitative estimate of drug-likeness (QED) is 0.694. The van der Waals surface area contributed by atoms with Gasteiger partial charge in [0.1, 0.15) is 5.65 Å². The van der Waals surface area contributed by atoms with Gasteiger partial charge in [0, 0.05) is 24.5 Å². The highest BCUT2D eigenvalue weighted by atomic mass is 127. The Balaban J connectivity index is 2.10. The predicted octanol–water partition coefficient (Wildman–Crippen LogP) is 3.01. The molecule has 5 nitrogen and oxygen atoms in total. The van der Waals surface area contributed by atoms with E-state index >= 15 is 0 Å². The molecular weight excluding hydrogens is 377 g/mol. The molecule has 0 aliphatic rings. The van der Waals surface area contributed by atoms with Gasteiger partial charge in [-0.2, -0.15) is 5.10 Å². The topological polar surface area (TPSA) is 47.2 Å². The van der Waals surface area contributed by atoms with Crippen molar-refractivity contribution in [2.24, 2.45) is 0 Å². The number of hydrogen-bond donors (Lipinski definition) is 1. The largest absolute Gasteiger partial charge is 0.306 e. The highest BCUT2D eigenvalue weighted by Crippen LogP contribution is 2.18. The highest BCUT2D eigenvalue weighted by Gasteiger charge is 2.17. The molecule has 0 saturated heterocycles. The van der Waals surface area contributed by atoms with Gasteiger partial charge >= 0.3 is 0 Å². The molecule has 0 aromatic carbocycles. The van der Waals surface area contributed by atoms with Crippen LogP contribution in [-0.2, 0) is 6.54 Å². The first-order valence-corrected chi connectivity index (χ1v) is 7.93. The van der Waals surface area contributed by atoms with E-state index in [4.69, 9.17) is 4.98 Å². The van der Waals surface area contributed by atoms with Crippen molar-refractivity contribution in [3.63, 3.8) is 0 Å². The minimum atomic E-state index is 0.0503. The van der Waals surface area contributed by atoms with E-state index < -0.39 is 0 Å². The van der Waals surface area contributed by atoms with Crippen LogP contribution >= 0.6 is 22.6 Å². The monoisotopic (exact) mass is 395 g/mol. The summed E-state index contributed by atoms with van der Waals surface area (Å²) in [6.07, 6.45) is 5.87. The Hall–Kier alpha value is -1.41. The Labute approximate surface area is 137 Å². The van der Waals surface area contributed by atoms with Crippen molar-refractivity contribution in [1.29, 1.82) is 0 Å². The van der Waals surface area contributed by atoms with Crippen LogP contribution < -0.4 is 5.32 Å². The van der Waals surface area contributed by atoms with Crippen LogP contribution in [0.25, 0.3) is 11.5 Å². The summed E-state index contributed by atoms with van der Waals surface area (Å²) in [5, 5.41) is 7.92. The zero-order valence-electron chi connectivity index (χ0n) is 12.3. The van der Waals surface area contributed by atoms with Gasteiger partial charge in [-0.15, -0.1) is 0 Å². The van der Waals surface area contributed by atoms with Crippen LogP contribution in [0.4, 0.5) is 0 Å². The third-order valence-corrected chi connectivity index (χ3v) is 3.72. The number of pyridine rings is 1. The summed E-state index contributed by atoms with van der Waals surface area (Å²) >= 11 is 2.26. The van der Waals surface area contributed by atoms with Crippen molar-refractivity contribution in [2.45, 2.75) is 32.9 Å². The van der Waals surface area contributed by atoms with Crippen LogP contribution in [-0.4, -0.2) is 24.7 Å². The van der Waals surface area contributed by atoms with Crippen LogP contribution in [0, 0.1) is 3.57 Å². The molecule has 0 aliphatic carbocycles. The van der Waals surface area contributed by atoms with Crippen LogP contribution in [0.2, 0.25) is 0 Å². The fourth-order valence-electron chi connectivity index (χ4n) is 2.15. The van der Waals surface area contributed by atoms with Gasteiger partial charge < -0.3 is 9.72 Å². The smallest absolute Gasteiger partial charge is 0.176 e. The normalized spacial score (nSPS) is 12.2. The summed E-state index contributed by atoms with van der Waals surface area (Å²) in [7, 11) is 0. The molecule has 0 unspecified atom stereocenters. The molecule has 0 saturated carbocycles. The van der Waals surface area contributed by atoms with Crippen molar-refractivity contribution >= 4 is 28.2 Å². The van der Waals surface area contributed by atoms with Gasteiger partial charge in [0.25, 0.3) is 0 Å². The first kappa shape index (κ1) is 14.5. The molecule has 21 heavy (non-hydrogen) atoms. The Bertz CT molecular complexity index is 766. The van der Waals surface area contributed by atoms with E-state index in [1.807, 2.05) is 41.5 Å². The van der Waals surface area contributed by atoms with E-state index in [1.165, 1.54) is 0 Å². The SMILES string of the molecule is CC(C)(C)NCc1c(-n2cc(I)cn2)nc2ccccn12. The zero-order valence-corrected chi connectivity index (χ0v) is 14.5. The Kier molecular flexibility index (Phi) is 3.75. The van der Waals surface area contributed by atoms with Crippen molar-refractivity contribution in [2.75, 3.05) is 0 Å². The van der Waals surface area contributed by atoms with Crippen molar-refractivity contribution in [3.8, 4) is 5.82 Å². The first-order chi connectivity index (χ1) is 9.94. The third kappa shape index (κ3) is 3.11. The molecule has 1 N–H and O–H groups in total. The van der Waals surface area contributed by atoms with Crippen LogP contribution in [0.3, 0.4) is 0 Å². The van der Waals surface area contributed by atoms with Gasteiger partial charge in [-0.3, -0.25) is 0 Å². The Morgan fingerprint density at radius 3 is 2.76 bits per heavy atom. The van der Waals surface area contributed by atoms with E-state index in [1.54, 1.807) is 0 Å². The number of fused-ring (bicyclic) bond motifs is 1. The van der Waals surface area contributed by atoms with Gasteiger partial charge in [-0.25, -0.2) is 9.67 Å². The summed E-state index contributed by atoms with van der Waals surface area (Å²) in [6, 6.07) is 6.03. The van der Waals surface area contributed by atoms with Gasteiger partial charge in [0.15, 0.2) is 5.82 Å². The molecule has 0 atom stereocenters. The molecule has 0 bridgehead atoms. The molecule has 3 heterocycles. The molecule has 0 amide bonds. The average molecular weight is 395 g/mol. The summed E-state index contributed by atoms with van der Waals surface area (Å²) in [4.78, 5) is 4.72. The van der Waals surface area contributed by atoms with E-state index in [2.05, 4.69) is 58.2 Å². The number of hydrogen-bond acceptors (Lipinski definition) is 3.